The SMILES string of the molecule is CCCCCCCC/C=C\C(CCCCCC)C(=O)OC[C@H](COP(=O)(OC)OCCNC(=O)CCCCC(=O)NCCCO[C@@H]1OC(CO)[C@H](O)[C@H](O)C1O[C@@H]1OC(C)[C@H](O)[C@@H](O)C1O)OC(=O)CCCCCCC/C=C/CCCCCCCC. The van der Waals surface area contributed by atoms with E-state index in [9.17, 15) is 54.4 Å². The number of aliphatic hydroxyl groups is 6. The predicted molar refractivity (Wildman–Crippen MR) is 326 cm³/mol. The van der Waals surface area contributed by atoms with Gasteiger partial charge in [-0.25, -0.2) is 4.57 Å². The molecule has 0 radical (unpaired) electrons. The highest BCUT2D eigenvalue weighted by Crippen LogP contribution is 2.48. The summed E-state index contributed by atoms with van der Waals surface area (Å²) in [6.07, 6.45) is 21.6. The molecule has 2 saturated heterocycles. The van der Waals surface area contributed by atoms with Crippen LogP contribution in [0.25, 0.3) is 0 Å². The Labute approximate surface area is 514 Å². The maximum absolute atomic E-state index is 13.6. The fourth-order valence-corrected chi connectivity index (χ4v) is 10.8. The van der Waals surface area contributed by atoms with Crippen molar-refractivity contribution in [3.05, 3.63) is 24.3 Å². The number of allylic oxidation sites excluding steroid dienone is 3. The molecule has 6 unspecified atom stereocenters. The lowest BCUT2D eigenvalue weighted by Gasteiger charge is -2.45. The zero-order valence-corrected chi connectivity index (χ0v) is 53.8. The quantitative estimate of drug-likeness (QED) is 0.0122. The molecule has 2 aliphatic rings. The molecule has 0 bridgehead atoms. The van der Waals surface area contributed by atoms with Crippen molar-refractivity contribution in [3.8, 4) is 0 Å². The van der Waals surface area contributed by atoms with Crippen molar-refractivity contribution < 1.29 is 96.4 Å². The lowest BCUT2D eigenvalue weighted by Crippen LogP contribution is -2.64. The first-order chi connectivity index (χ1) is 41.5. The molecule has 0 aromatic carbocycles. The largest absolute Gasteiger partial charge is 0.474 e. The van der Waals surface area contributed by atoms with Crippen molar-refractivity contribution in [2.45, 2.75) is 294 Å². The van der Waals surface area contributed by atoms with Crippen LogP contribution in [0, 0.1) is 5.92 Å². The standard InChI is InChI=1S/C63H115N2O20P/c1-6-9-12-15-17-19-20-21-22-23-24-25-27-29-32-40-54(69)83-50(46-79-61(75)49(36-30-14-11-8-3)37-31-28-26-18-16-13-10-7-2)47-81-86(76,77-5)80-44-42-65-53(68)39-34-33-38-52(67)64-41-35-43-78-63-60(58(73)56(71)51(45-66)84-63)85-62-59(74)57(72)55(70)48(4)82-62/h21-22,31,37,48-51,55-60,62-63,66,70-74H,6-20,23-30,32-36,38-47H2,1-5H3,(H,64,67)(H,65,68)/b22-21+,37-31-/t48?,49?,50-,51?,55+,56+,57-,58+,59?,60?,62+,63-,86?/m1/s1. The van der Waals surface area contributed by atoms with E-state index >= 15 is 0 Å². The molecule has 2 fully saturated rings. The van der Waals surface area contributed by atoms with Gasteiger partial charge in [0.2, 0.25) is 11.8 Å². The maximum atomic E-state index is 13.6. The first-order valence-corrected chi connectivity index (χ1v) is 34.3. The summed E-state index contributed by atoms with van der Waals surface area (Å²) in [6.45, 7) is 6.45. The van der Waals surface area contributed by atoms with Gasteiger partial charge in [0.1, 0.15) is 49.3 Å². The Kier molecular flexibility index (Phi) is 45.8. The summed E-state index contributed by atoms with van der Waals surface area (Å²) in [4.78, 5) is 52.0. The van der Waals surface area contributed by atoms with E-state index in [4.69, 9.17) is 42.0 Å². The number of phosphoric ester groups is 1. The third kappa shape index (κ3) is 35.5. The van der Waals surface area contributed by atoms with Gasteiger partial charge in [-0.05, 0) is 77.6 Å². The van der Waals surface area contributed by atoms with Crippen LogP contribution in [0.4, 0.5) is 0 Å². The number of hydrogen-bond acceptors (Lipinski definition) is 20. The van der Waals surface area contributed by atoms with Crippen LogP contribution in [0.15, 0.2) is 24.3 Å². The van der Waals surface area contributed by atoms with Crippen molar-refractivity contribution in [2.24, 2.45) is 5.92 Å². The molecule has 0 aromatic heterocycles. The Morgan fingerprint density at radius 1 is 0.570 bits per heavy atom. The number of carbonyl (C=O) groups is 4. The molecule has 2 heterocycles. The Morgan fingerprint density at radius 2 is 1.12 bits per heavy atom. The van der Waals surface area contributed by atoms with Gasteiger partial charge in [-0.1, -0.05) is 154 Å². The van der Waals surface area contributed by atoms with Gasteiger partial charge in [0, 0.05) is 39.5 Å². The fourth-order valence-electron chi connectivity index (χ4n) is 9.90. The molecule has 0 saturated carbocycles. The number of nitrogens with one attached hydrogen (secondary N) is 2. The summed E-state index contributed by atoms with van der Waals surface area (Å²) in [6, 6.07) is 0. The molecule has 8 N–H and O–H groups in total. The van der Waals surface area contributed by atoms with Crippen LogP contribution in [-0.2, 0) is 65.7 Å². The average molecular weight is 1250 g/mol. The lowest BCUT2D eigenvalue weighted by molar-refractivity contribution is -0.364. The summed E-state index contributed by atoms with van der Waals surface area (Å²) in [5, 5.41) is 67.1. The molecule has 0 spiro atoms. The molecule has 23 heteroatoms. The van der Waals surface area contributed by atoms with Gasteiger partial charge < -0.3 is 69.7 Å². The van der Waals surface area contributed by atoms with Crippen LogP contribution in [0.1, 0.15) is 227 Å². The number of ether oxygens (including phenoxy) is 6. The molecule has 2 rings (SSSR count). The highest BCUT2D eigenvalue weighted by molar-refractivity contribution is 7.48. The van der Waals surface area contributed by atoms with Gasteiger partial charge in [-0.15, -0.1) is 0 Å². The number of unbranched alkanes of at least 4 members (excludes halogenated alkanes) is 21. The molecule has 502 valence electrons. The number of carbonyl (C=O) groups excluding carboxylic acids is 4. The second-order valence-corrected chi connectivity index (χ2v) is 24.7. The van der Waals surface area contributed by atoms with Crippen LogP contribution in [0.2, 0.25) is 0 Å². The van der Waals surface area contributed by atoms with E-state index < -0.39 is 106 Å². The number of rotatable bonds is 53. The van der Waals surface area contributed by atoms with Gasteiger partial charge in [-0.2, -0.15) is 0 Å². The van der Waals surface area contributed by atoms with Gasteiger partial charge in [0.05, 0.1) is 38.4 Å². The lowest BCUT2D eigenvalue weighted by atomic mass is 9.97. The summed E-state index contributed by atoms with van der Waals surface area (Å²) in [5.41, 5.74) is 0. The van der Waals surface area contributed by atoms with Gasteiger partial charge in [0.25, 0.3) is 0 Å². The maximum Gasteiger partial charge on any atom is 0.474 e. The third-order valence-corrected chi connectivity index (χ3v) is 16.8. The molecular weight excluding hydrogens is 1140 g/mol. The summed E-state index contributed by atoms with van der Waals surface area (Å²) in [7, 11) is -3.09. The van der Waals surface area contributed by atoms with E-state index in [1.54, 1.807) is 0 Å². The zero-order chi connectivity index (χ0) is 63.2. The minimum absolute atomic E-state index is 0.0315. The minimum atomic E-state index is -4.23. The number of esters is 2. The fraction of sp³-hybridized carbons (Fsp3) is 0.873. The van der Waals surface area contributed by atoms with Crippen molar-refractivity contribution in [3.63, 3.8) is 0 Å². The van der Waals surface area contributed by atoms with Crippen LogP contribution >= 0.6 is 7.82 Å². The van der Waals surface area contributed by atoms with Crippen molar-refractivity contribution in [1.29, 1.82) is 0 Å². The normalized spacial score (nSPS) is 23.9. The molecular formula is C63H115N2O20P. The zero-order valence-electron chi connectivity index (χ0n) is 53.0. The number of hydrogen-bond donors (Lipinski definition) is 8. The van der Waals surface area contributed by atoms with Crippen molar-refractivity contribution in [1.82, 2.24) is 10.6 Å². The van der Waals surface area contributed by atoms with Crippen LogP contribution in [0.3, 0.4) is 0 Å². The molecule has 13 atom stereocenters. The van der Waals surface area contributed by atoms with Crippen molar-refractivity contribution in [2.75, 3.05) is 53.2 Å². The summed E-state index contributed by atoms with van der Waals surface area (Å²) >= 11 is 0. The third-order valence-electron chi connectivity index (χ3n) is 15.3. The highest BCUT2D eigenvalue weighted by Gasteiger charge is 2.50. The van der Waals surface area contributed by atoms with Crippen molar-refractivity contribution >= 4 is 31.6 Å². The summed E-state index contributed by atoms with van der Waals surface area (Å²) < 4.78 is 63.9. The molecule has 2 aliphatic heterocycles. The van der Waals surface area contributed by atoms with E-state index in [1.165, 1.54) is 71.1 Å². The first kappa shape index (κ1) is 79.2. The van der Waals surface area contributed by atoms with E-state index in [0.29, 0.717) is 25.7 Å². The monoisotopic (exact) mass is 1250 g/mol. The highest BCUT2D eigenvalue weighted by atomic mass is 31.2. The minimum Gasteiger partial charge on any atom is -0.461 e. The molecule has 2 amide bonds. The van der Waals surface area contributed by atoms with Crippen LogP contribution in [-0.4, -0.2) is 175 Å². The summed E-state index contributed by atoms with van der Waals surface area (Å²) in [5.74, 6) is -2.00. The number of aliphatic hydroxyl groups excluding tert-OH is 6. The molecule has 22 nitrogen and oxygen atoms in total. The Morgan fingerprint density at radius 3 is 1.71 bits per heavy atom. The van der Waals surface area contributed by atoms with E-state index in [0.717, 1.165) is 90.6 Å². The smallest absolute Gasteiger partial charge is 0.461 e. The number of amides is 2. The predicted octanol–water partition coefficient (Wildman–Crippen LogP) is 9.01. The van der Waals surface area contributed by atoms with E-state index in [2.05, 4.69) is 49.6 Å². The second kappa shape index (κ2) is 49.8. The van der Waals surface area contributed by atoms with E-state index in [1.807, 2.05) is 6.08 Å². The Hall–Kier alpha value is -2.93. The average Bonchev–Trinajstić information content (AvgIpc) is 1.63. The Bertz CT molecular complexity index is 1870. The van der Waals surface area contributed by atoms with Gasteiger partial charge in [-0.3, -0.25) is 32.7 Å². The molecule has 0 aromatic rings. The van der Waals surface area contributed by atoms with Crippen LogP contribution < -0.4 is 10.6 Å². The first-order valence-electron chi connectivity index (χ1n) is 32.8. The topological polar surface area (TPSA) is 314 Å². The van der Waals surface area contributed by atoms with Gasteiger partial charge >= 0.3 is 19.8 Å². The second-order valence-electron chi connectivity index (χ2n) is 22.9. The van der Waals surface area contributed by atoms with Gasteiger partial charge in [0.15, 0.2) is 18.7 Å². The van der Waals surface area contributed by atoms with Crippen LogP contribution in [0.5, 0.6) is 0 Å². The van der Waals surface area contributed by atoms with E-state index in [-0.39, 0.29) is 70.4 Å². The molecule has 0 aliphatic carbocycles. The Balaban J connectivity index is 1.83. The molecule has 86 heavy (non-hydrogen) atoms. The number of phosphoric acid groups is 1.